The summed E-state index contributed by atoms with van der Waals surface area (Å²) >= 11 is 0. The molecule has 0 saturated carbocycles. The van der Waals surface area contributed by atoms with Crippen LogP contribution in [0.2, 0.25) is 0 Å². The van der Waals surface area contributed by atoms with Gasteiger partial charge in [0.1, 0.15) is 0 Å². The third kappa shape index (κ3) is 3.74. The number of nitrogens with one attached hydrogen (secondary N) is 2. The Hall–Kier alpha value is -2.12. The van der Waals surface area contributed by atoms with Crippen LogP contribution in [0.5, 0.6) is 0 Å². The van der Waals surface area contributed by atoms with Gasteiger partial charge in [0.15, 0.2) is 11.7 Å². The Morgan fingerprint density at radius 1 is 1.65 bits per heavy atom. The molecule has 17 heavy (non-hydrogen) atoms. The molecule has 0 aromatic carbocycles. The highest BCUT2D eigenvalue weighted by molar-refractivity contribution is 5.86. The van der Waals surface area contributed by atoms with Crippen LogP contribution in [-0.4, -0.2) is 54.7 Å². The van der Waals surface area contributed by atoms with Gasteiger partial charge in [0.2, 0.25) is 0 Å². The van der Waals surface area contributed by atoms with Gasteiger partial charge in [-0.3, -0.25) is 4.99 Å². The van der Waals surface area contributed by atoms with Crippen LogP contribution in [0.4, 0.5) is 0 Å². The number of guanidine groups is 1. The lowest BCUT2D eigenvalue weighted by molar-refractivity contribution is 0.0594. The molecule has 0 unspecified atom stereocenters. The van der Waals surface area contributed by atoms with Crippen LogP contribution in [0, 0.1) is 0 Å². The quantitative estimate of drug-likeness (QED) is 0.392. The van der Waals surface area contributed by atoms with Gasteiger partial charge in [-0.15, -0.1) is 5.10 Å². The number of methoxy groups -OCH3 is 1. The van der Waals surface area contributed by atoms with Crippen LogP contribution in [0.1, 0.15) is 10.5 Å². The summed E-state index contributed by atoms with van der Waals surface area (Å²) in [5, 5.41) is 13.4. The number of aliphatic imine (C=N–C) groups is 1. The zero-order chi connectivity index (χ0) is 12.7. The van der Waals surface area contributed by atoms with Gasteiger partial charge >= 0.3 is 5.97 Å². The van der Waals surface area contributed by atoms with Crippen molar-refractivity contribution in [1.29, 1.82) is 0 Å². The predicted molar refractivity (Wildman–Crippen MR) is 61.8 cm³/mol. The second-order valence-corrected chi connectivity index (χ2v) is 3.11. The number of aromatic nitrogens is 3. The normalized spacial score (nSPS) is 11.1. The largest absolute Gasteiger partial charge is 0.464 e. The fraction of sp³-hybridized carbons (Fsp3) is 0.556. The van der Waals surface area contributed by atoms with Crippen molar-refractivity contribution in [3.8, 4) is 0 Å². The molecular weight excluding hydrogens is 224 g/mol. The summed E-state index contributed by atoms with van der Waals surface area (Å²) in [4.78, 5) is 15.1. The van der Waals surface area contributed by atoms with Crippen LogP contribution in [-0.2, 0) is 11.3 Å². The minimum Gasteiger partial charge on any atom is -0.464 e. The highest BCUT2D eigenvalue weighted by Gasteiger charge is 2.09. The number of esters is 1. The van der Waals surface area contributed by atoms with Crippen molar-refractivity contribution in [2.75, 3.05) is 27.7 Å². The van der Waals surface area contributed by atoms with E-state index in [0.29, 0.717) is 19.0 Å². The summed E-state index contributed by atoms with van der Waals surface area (Å²) < 4.78 is 6.09. The molecule has 0 spiro atoms. The molecule has 8 heteroatoms. The second-order valence-electron chi connectivity index (χ2n) is 3.11. The lowest BCUT2D eigenvalue weighted by Gasteiger charge is -2.07. The van der Waals surface area contributed by atoms with Crippen LogP contribution in [0.25, 0.3) is 0 Å². The van der Waals surface area contributed by atoms with Crippen molar-refractivity contribution in [2.24, 2.45) is 4.99 Å². The van der Waals surface area contributed by atoms with Crippen molar-refractivity contribution in [1.82, 2.24) is 25.6 Å². The Balaban J connectivity index is 2.42. The first-order chi connectivity index (χ1) is 8.21. The second kappa shape index (κ2) is 6.46. The van der Waals surface area contributed by atoms with Crippen LogP contribution in [0.3, 0.4) is 0 Å². The minimum atomic E-state index is -0.491. The summed E-state index contributed by atoms with van der Waals surface area (Å²) in [5.41, 5.74) is 0.200. The molecule has 0 radical (unpaired) electrons. The lowest BCUT2D eigenvalue weighted by atomic mass is 10.5. The molecule has 8 nitrogen and oxygen atoms in total. The fourth-order valence-corrected chi connectivity index (χ4v) is 1.17. The number of carbonyl (C=O) groups excluding carboxylic acids is 1. The van der Waals surface area contributed by atoms with Gasteiger partial charge < -0.3 is 15.4 Å². The van der Waals surface area contributed by atoms with Gasteiger partial charge in [-0.2, -0.15) is 0 Å². The average Bonchev–Trinajstić information content (AvgIpc) is 2.82. The number of hydrogen-bond donors (Lipinski definition) is 2. The Bertz CT molecular complexity index is 400. The number of ether oxygens (including phenoxy) is 1. The maximum absolute atomic E-state index is 11.1. The van der Waals surface area contributed by atoms with Crippen molar-refractivity contribution in [3.63, 3.8) is 0 Å². The first kappa shape index (κ1) is 12.9. The molecule has 1 rings (SSSR count). The van der Waals surface area contributed by atoms with E-state index in [2.05, 4.69) is 30.7 Å². The third-order valence-electron chi connectivity index (χ3n) is 2.03. The van der Waals surface area contributed by atoms with E-state index in [1.807, 2.05) is 0 Å². The van der Waals surface area contributed by atoms with E-state index < -0.39 is 5.97 Å². The van der Waals surface area contributed by atoms with Crippen LogP contribution >= 0.6 is 0 Å². The Morgan fingerprint density at radius 2 is 2.41 bits per heavy atom. The van der Waals surface area contributed by atoms with E-state index in [-0.39, 0.29) is 5.69 Å². The van der Waals surface area contributed by atoms with Crippen molar-refractivity contribution in [3.05, 3.63) is 11.9 Å². The lowest BCUT2D eigenvalue weighted by Crippen LogP contribution is -2.36. The number of rotatable bonds is 4. The molecule has 0 fully saturated rings. The zero-order valence-electron chi connectivity index (χ0n) is 10.1. The smallest absolute Gasteiger partial charge is 0.360 e. The highest BCUT2D eigenvalue weighted by Crippen LogP contribution is 1.94. The van der Waals surface area contributed by atoms with E-state index in [1.54, 1.807) is 18.8 Å². The maximum atomic E-state index is 11.1. The maximum Gasteiger partial charge on any atom is 0.360 e. The van der Waals surface area contributed by atoms with E-state index >= 15 is 0 Å². The number of hydrogen-bond acceptors (Lipinski definition) is 5. The van der Waals surface area contributed by atoms with Crippen molar-refractivity contribution >= 4 is 11.9 Å². The van der Waals surface area contributed by atoms with Gasteiger partial charge in [-0.1, -0.05) is 5.21 Å². The molecular formula is C9H16N6O2. The SMILES string of the molecule is CN=C(NC)NCCn1cc(C(=O)OC)nn1. The van der Waals surface area contributed by atoms with Gasteiger partial charge in [0.05, 0.1) is 19.9 Å². The molecule has 0 aliphatic heterocycles. The topological polar surface area (TPSA) is 93.4 Å². The molecule has 0 bridgehead atoms. The molecule has 0 aliphatic carbocycles. The van der Waals surface area contributed by atoms with Gasteiger partial charge in [-0.25, -0.2) is 9.48 Å². The molecule has 0 aliphatic rings. The Kier molecular flexibility index (Phi) is 4.92. The molecule has 0 saturated heterocycles. The number of nitrogens with zero attached hydrogens (tertiary/aromatic N) is 4. The van der Waals surface area contributed by atoms with Gasteiger partial charge in [-0.05, 0) is 0 Å². The zero-order valence-corrected chi connectivity index (χ0v) is 10.1. The molecule has 0 amide bonds. The summed E-state index contributed by atoms with van der Waals surface area (Å²) in [7, 11) is 4.77. The van der Waals surface area contributed by atoms with Crippen molar-refractivity contribution < 1.29 is 9.53 Å². The number of carbonyl (C=O) groups is 1. The monoisotopic (exact) mass is 240 g/mol. The van der Waals surface area contributed by atoms with Crippen LogP contribution < -0.4 is 10.6 Å². The Morgan fingerprint density at radius 3 is 3.00 bits per heavy atom. The summed E-state index contributed by atoms with van der Waals surface area (Å²) in [5.74, 6) is 0.202. The van der Waals surface area contributed by atoms with Gasteiger partial charge in [0.25, 0.3) is 0 Å². The summed E-state index contributed by atoms with van der Waals surface area (Å²) in [6.07, 6.45) is 1.54. The summed E-state index contributed by atoms with van der Waals surface area (Å²) in [6, 6.07) is 0. The van der Waals surface area contributed by atoms with E-state index in [0.717, 1.165) is 0 Å². The first-order valence-corrected chi connectivity index (χ1v) is 5.08. The van der Waals surface area contributed by atoms with Gasteiger partial charge in [0, 0.05) is 20.6 Å². The molecule has 0 atom stereocenters. The highest BCUT2D eigenvalue weighted by atomic mass is 16.5. The average molecular weight is 240 g/mol. The molecule has 2 N–H and O–H groups in total. The molecule has 1 aromatic rings. The Labute approximate surface area is 99.1 Å². The molecule has 94 valence electrons. The fourth-order valence-electron chi connectivity index (χ4n) is 1.17. The standard InChI is InChI=1S/C9H16N6O2/c1-10-9(11-2)12-4-5-15-6-7(13-14-15)8(16)17-3/h6H,4-5H2,1-3H3,(H2,10,11,12). The van der Waals surface area contributed by atoms with Crippen LogP contribution in [0.15, 0.2) is 11.2 Å². The minimum absolute atomic E-state index is 0.200. The summed E-state index contributed by atoms with van der Waals surface area (Å²) in [6.45, 7) is 1.20. The van der Waals surface area contributed by atoms with E-state index in [1.165, 1.54) is 13.3 Å². The third-order valence-corrected chi connectivity index (χ3v) is 2.03. The predicted octanol–water partition coefficient (Wildman–Crippen LogP) is -1.14. The van der Waals surface area contributed by atoms with Crippen molar-refractivity contribution in [2.45, 2.75) is 6.54 Å². The first-order valence-electron chi connectivity index (χ1n) is 5.08. The molecule has 1 heterocycles. The van der Waals surface area contributed by atoms with E-state index in [9.17, 15) is 4.79 Å². The molecule has 1 aromatic heterocycles. The van der Waals surface area contributed by atoms with E-state index in [4.69, 9.17) is 0 Å².